The van der Waals surface area contributed by atoms with E-state index in [4.69, 9.17) is 0 Å². The standard InChI is InChI=1S/C10H16N2OS.ClH/c13-10(9-2-1-3-14-7-9)12-6-8-4-11-5-8;/h2,8,11H,1,3-7H2,(H,12,13);1H. The first kappa shape index (κ1) is 12.9. The van der Waals surface area contributed by atoms with Crippen LogP contribution in [-0.2, 0) is 4.79 Å². The van der Waals surface area contributed by atoms with Gasteiger partial charge in [0.05, 0.1) is 0 Å². The third-order valence-electron chi connectivity index (χ3n) is 2.62. The fourth-order valence-corrected chi connectivity index (χ4v) is 2.46. The summed E-state index contributed by atoms with van der Waals surface area (Å²) < 4.78 is 0. The van der Waals surface area contributed by atoms with Gasteiger partial charge in [0.25, 0.3) is 0 Å². The number of amides is 1. The molecule has 0 radical (unpaired) electrons. The number of hydrogen-bond donors (Lipinski definition) is 2. The smallest absolute Gasteiger partial charge is 0.247 e. The van der Waals surface area contributed by atoms with Crippen molar-refractivity contribution < 1.29 is 4.79 Å². The molecule has 0 aromatic carbocycles. The molecule has 0 aromatic rings. The molecule has 86 valence electrons. The van der Waals surface area contributed by atoms with Crippen LogP contribution in [0.15, 0.2) is 11.6 Å². The van der Waals surface area contributed by atoms with Gasteiger partial charge < -0.3 is 10.6 Å². The van der Waals surface area contributed by atoms with E-state index in [-0.39, 0.29) is 18.3 Å². The van der Waals surface area contributed by atoms with Crippen LogP contribution in [0, 0.1) is 5.92 Å². The predicted molar refractivity (Wildman–Crippen MR) is 66.6 cm³/mol. The van der Waals surface area contributed by atoms with Crippen LogP contribution >= 0.6 is 24.2 Å². The molecular formula is C10H17ClN2OS. The van der Waals surface area contributed by atoms with Gasteiger partial charge in [0.15, 0.2) is 0 Å². The van der Waals surface area contributed by atoms with Crippen molar-refractivity contribution in [2.75, 3.05) is 31.1 Å². The van der Waals surface area contributed by atoms with E-state index in [1.807, 2.05) is 11.8 Å². The molecule has 5 heteroatoms. The summed E-state index contributed by atoms with van der Waals surface area (Å²) in [5, 5.41) is 6.19. The summed E-state index contributed by atoms with van der Waals surface area (Å²) in [5.74, 6) is 2.83. The minimum absolute atomic E-state index is 0. The average Bonchev–Trinajstić information content (AvgIpc) is 2.16. The summed E-state index contributed by atoms with van der Waals surface area (Å²) in [7, 11) is 0. The van der Waals surface area contributed by atoms with Gasteiger partial charge in [-0.25, -0.2) is 0 Å². The molecule has 2 heterocycles. The second-order valence-electron chi connectivity index (χ2n) is 3.80. The Balaban J connectivity index is 0.00000112. The molecule has 2 N–H and O–H groups in total. The highest BCUT2D eigenvalue weighted by molar-refractivity contribution is 7.99. The maximum Gasteiger partial charge on any atom is 0.247 e. The van der Waals surface area contributed by atoms with Crippen molar-refractivity contribution in [3.63, 3.8) is 0 Å². The van der Waals surface area contributed by atoms with Crippen molar-refractivity contribution in [1.29, 1.82) is 0 Å². The van der Waals surface area contributed by atoms with Crippen LogP contribution in [0.2, 0.25) is 0 Å². The molecule has 0 spiro atoms. The quantitative estimate of drug-likeness (QED) is 0.777. The summed E-state index contributed by atoms with van der Waals surface area (Å²) in [5.41, 5.74) is 0.966. The highest BCUT2D eigenvalue weighted by Crippen LogP contribution is 2.16. The van der Waals surface area contributed by atoms with Crippen LogP contribution in [0.1, 0.15) is 6.42 Å². The van der Waals surface area contributed by atoms with E-state index < -0.39 is 0 Å². The Morgan fingerprint density at radius 1 is 1.60 bits per heavy atom. The van der Waals surface area contributed by atoms with E-state index in [1.54, 1.807) is 0 Å². The van der Waals surface area contributed by atoms with Crippen LogP contribution in [0.4, 0.5) is 0 Å². The maximum absolute atomic E-state index is 11.6. The Kier molecular flexibility index (Phi) is 5.50. The first-order chi connectivity index (χ1) is 6.86. The van der Waals surface area contributed by atoms with Gasteiger partial charge >= 0.3 is 0 Å². The van der Waals surface area contributed by atoms with Crippen molar-refractivity contribution in [3.05, 3.63) is 11.6 Å². The Morgan fingerprint density at radius 2 is 2.40 bits per heavy atom. The van der Waals surface area contributed by atoms with Crippen molar-refractivity contribution >= 4 is 30.1 Å². The molecule has 15 heavy (non-hydrogen) atoms. The van der Waals surface area contributed by atoms with Crippen LogP contribution in [0.5, 0.6) is 0 Å². The fraction of sp³-hybridized carbons (Fsp3) is 0.700. The van der Waals surface area contributed by atoms with Crippen LogP contribution in [-0.4, -0.2) is 37.0 Å². The predicted octanol–water partition coefficient (Wildman–Crippen LogP) is 0.807. The monoisotopic (exact) mass is 248 g/mol. The lowest BCUT2D eigenvalue weighted by atomic mass is 10.0. The molecule has 1 saturated heterocycles. The number of thioether (sulfide) groups is 1. The molecule has 0 saturated carbocycles. The zero-order chi connectivity index (χ0) is 9.80. The molecule has 3 nitrogen and oxygen atoms in total. The molecule has 0 bridgehead atoms. The number of allylic oxidation sites excluding steroid dienone is 1. The second kappa shape index (κ2) is 6.40. The van der Waals surface area contributed by atoms with Gasteiger partial charge in [-0.3, -0.25) is 4.79 Å². The summed E-state index contributed by atoms with van der Waals surface area (Å²) in [6, 6.07) is 0. The molecule has 0 aromatic heterocycles. The molecule has 1 fully saturated rings. The number of rotatable bonds is 3. The Labute approximate surface area is 101 Å². The molecule has 0 atom stereocenters. The lowest BCUT2D eigenvalue weighted by Gasteiger charge is -2.27. The van der Waals surface area contributed by atoms with Gasteiger partial charge in [-0.05, 0) is 12.2 Å². The SMILES string of the molecule is Cl.O=C(NCC1CNC1)C1=CCCSC1. The average molecular weight is 249 g/mol. The number of hydrogen-bond acceptors (Lipinski definition) is 3. The lowest BCUT2D eigenvalue weighted by molar-refractivity contribution is -0.117. The summed E-state index contributed by atoms with van der Waals surface area (Å²) in [4.78, 5) is 11.6. The summed E-state index contributed by atoms with van der Waals surface area (Å²) in [6.45, 7) is 2.93. The Morgan fingerprint density at radius 3 is 2.93 bits per heavy atom. The van der Waals surface area contributed by atoms with Crippen LogP contribution in [0.25, 0.3) is 0 Å². The Bertz CT molecular complexity index is 254. The topological polar surface area (TPSA) is 41.1 Å². The zero-order valence-corrected chi connectivity index (χ0v) is 10.3. The molecule has 2 aliphatic heterocycles. The minimum Gasteiger partial charge on any atom is -0.352 e. The van der Waals surface area contributed by atoms with Gasteiger partial charge in [0.1, 0.15) is 0 Å². The number of carbonyl (C=O) groups is 1. The summed E-state index contributed by atoms with van der Waals surface area (Å²) in [6.07, 6.45) is 3.11. The van der Waals surface area contributed by atoms with Crippen molar-refractivity contribution in [1.82, 2.24) is 10.6 Å². The fourth-order valence-electron chi connectivity index (χ4n) is 1.56. The third kappa shape index (κ3) is 3.70. The van der Waals surface area contributed by atoms with Gasteiger partial charge in [-0.2, -0.15) is 11.8 Å². The third-order valence-corrected chi connectivity index (χ3v) is 3.66. The molecular weight excluding hydrogens is 232 g/mol. The first-order valence-corrected chi connectivity index (χ1v) is 6.27. The van der Waals surface area contributed by atoms with Crippen LogP contribution in [0.3, 0.4) is 0 Å². The van der Waals surface area contributed by atoms with E-state index in [1.165, 1.54) is 0 Å². The minimum atomic E-state index is 0. The number of carbonyl (C=O) groups excluding carboxylic acids is 1. The van der Waals surface area contributed by atoms with E-state index in [0.29, 0.717) is 5.92 Å². The molecule has 0 unspecified atom stereocenters. The van der Waals surface area contributed by atoms with Crippen molar-refractivity contribution in [2.45, 2.75) is 6.42 Å². The molecule has 1 amide bonds. The van der Waals surface area contributed by atoms with E-state index in [2.05, 4.69) is 16.7 Å². The zero-order valence-electron chi connectivity index (χ0n) is 8.62. The van der Waals surface area contributed by atoms with E-state index in [9.17, 15) is 4.79 Å². The van der Waals surface area contributed by atoms with Gasteiger partial charge in [-0.15, -0.1) is 12.4 Å². The lowest BCUT2D eigenvalue weighted by Crippen LogP contribution is -2.48. The van der Waals surface area contributed by atoms with E-state index >= 15 is 0 Å². The van der Waals surface area contributed by atoms with Crippen molar-refractivity contribution in [3.8, 4) is 0 Å². The second-order valence-corrected chi connectivity index (χ2v) is 4.91. The highest BCUT2D eigenvalue weighted by atomic mass is 35.5. The molecule has 0 aliphatic carbocycles. The first-order valence-electron chi connectivity index (χ1n) is 5.12. The van der Waals surface area contributed by atoms with E-state index in [0.717, 1.165) is 43.1 Å². The molecule has 2 rings (SSSR count). The highest BCUT2D eigenvalue weighted by Gasteiger charge is 2.18. The number of nitrogens with one attached hydrogen (secondary N) is 2. The largest absolute Gasteiger partial charge is 0.352 e. The number of halogens is 1. The van der Waals surface area contributed by atoms with Gasteiger partial charge in [0.2, 0.25) is 5.91 Å². The normalized spacial score (nSPS) is 20.9. The van der Waals surface area contributed by atoms with Gasteiger partial charge in [0, 0.05) is 36.9 Å². The Hall–Kier alpha value is -0.190. The molecule has 2 aliphatic rings. The maximum atomic E-state index is 11.6. The van der Waals surface area contributed by atoms with Gasteiger partial charge in [-0.1, -0.05) is 6.08 Å². The van der Waals surface area contributed by atoms with Crippen molar-refractivity contribution in [2.24, 2.45) is 5.92 Å². The summed E-state index contributed by atoms with van der Waals surface area (Å²) >= 11 is 1.84. The van der Waals surface area contributed by atoms with Crippen LogP contribution < -0.4 is 10.6 Å².